The molecule has 2 atom stereocenters. The highest BCUT2D eigenvalue weighted by atomic mass is 35.5. The summed E-state index contributed by atoms with van der Waals surface area (Å²) in [6.07, 6.45) is -1.53. The molecule has 0 aliphatic heterocycles. The van der Waals surface area contributed by atoms with Gasteiger partial charge in [-0.25, -0.2) is 4.79 Å². The minimum absolute atomic E-state index is 0.0979. The molecule has 1 N–H and O–H groups in total. The van der Waals surface area contributed by atoms with E-state index in [-0.39, 0.29) is 24.7 Å². The summed E-state index contributed by atoms with van der Waals surface area (Å²) in [6, 6.07) is 9.21. The van der Waals surface area contributed by atoms with E-state index in [4.69, 9.17) is 20.5 Å². The normalized spacial score (nSPS) is 14.7. The first-order valence-electron chi connectivity index (χ1n) is 9.49. The number of alkyl halides is 1. The van der Waals surface area contributed by atoms with Gasteiger partial charge < -0.3 is 14.7 Å². The van der Waals surface area contributed by atoms with Gasteiger partial charge in [0, 0.05) is 17.8 Å². The summed E-state index contributed by atoms with van der Waals surface area (Å²) < 4.78 is 36.0. The topological polar surface area (TPSA) is 93.1 Å². The van der Waals surface area contributed by atoms with Crippen molar-refractivity contribution in [3.05, 3.63) is 35.9 Å². The Labute approximate surface area is 179 Å². The van der Waals surface area contributed by atoms with Crippen LogP contribution in [0.4, 0.5) is 0 Å². The van der Waals surface area contributed by atoms with E-state index in [1.54, 1.807) is 13.8 Å². The second-order valence-corrected chi connectivity index (χ2v) is 9.91. The van der Waals surface area contributed by atoms with Crippen molar-refractivity contribution in [3.63, 3.8) is 0 Å². The summed E-state index contributed by atoms with van der Waals surface area (Å²) in [6.45, 7) is 3.95. The molecule has 1 rings (SSSR count). The van der Waals surface area contributed by atoms with Crippen LogP contribution in [0.1, 0.15) is 32.3 Å². The predicted molar refractivity (Wildman–Crippen MR) is 114 cm³/mol. The number of ether oxygens (including phenoxy) is 1. The monoisotopic (exact) mass is 449 g/mol. The molecular weight excluding hydrogens is 418 g/mol. The molecule has 0 bridgehead atoms. The van der Waals surface area contributed by atoms with Crippen LogP contribution >= 0.6 is 11.6 Å². The van der Waals surface area contributed by atoms with Crippen molar-refractivity contribution < 1.29 is 27.2 Å². The molecule has 9 heteroatoms. The molecule has 1 aromatic rings. The van der Waals surface area contributed by atoms with E-state index >= 15 is 0 Å². The Morgan fingerprint density at radius 2 is 1.86 bits per heavy atom. The first-order chi connectivity index (χ1) is 13.5. The fourth-order valence-electron chi connectivity index (χ4n) is 2.90. The largest absolute Gasteiger partial charge is 0.479 e. The fraction of sp³-hybridized carbons (Fsp3) is 0.650. The molecule has 0 saturated carbocycles. The molecule has 0 heterocycles. The van der Waals surface area contributed by atoms with Crippen LogP contribution in [-0.4, -0.2) is 68.9 Å². The third kappa shape index (κ3) is 9.00. The lowest BCUT2D eigenvalue weighted by atomic mass is 9.79. The van der Waals surface area contributed by atoms with E-state index in [0.717, 1.165) is 5.56 Å². The van der Waals surface area contributed by atoms with Crippen LogP contribution in [0.5, 0.6) is 0 Å². The molecule has 0 saturated heterocycles. The molecule has 0 aliphatic carbocycles. The number of nitrogens with zero attached hydrogens (tertiary/aromatic N) is 1. The summed E-state index contributed by atoms with van der Waals surface area (Å²) in [5.74, 6) is -1.18. The summed E-state index contributed by atoms with van der Waals surface area (Å²) in [4.78, 5) is 13.9. The van der Waals surface area contributed by atoms with Gasteiger partial charge >= 0.3 is 5.97 Å². The maximum atomic E-state index is 12.4. The molecule has 0 fully saturated rings. The minimum atomic E-state index is -3.85. The number of carbonyl (C=O) groups is 1. The number of benzene rings is 1. The summed E-state index contributed by atoms with van der Waals surface area (Å²) in [5.41, 5.74) is -0.278. The molecule has 0 spiro atoms. The molecule has 0 radical (unpaired) electrons. The Kier molecular flexibility index (Phi) is 10.6. The average Bonchev–Trinajstić information content (AvgIpc) is 2.63. The molecule has 7 nitrogen and oxygen atoms in total. The average molecular weight is 450 g/mol. The molecular formula is C20H32ClNO6S. The van der Waals surface area contributed by atoms with Gasteiger partial charge in [0.2, 0.25) is 0 Å². The molecule has 1 unspecified atom stereocenters. The number of halogens is 1. The van der Waals surface area contributed by atoms with Crippen molar-refractivity contribution in [3.8, 4) is 0 Å². The van der Waals surface area contributed by atoms with Gasteiger partial charge in [0.25, 0.3) is 10.1 Å². The highest BCUT2D eigenvalue weighted by Gasteiger charge is 2.45. The Morgan fingerprint density at radius 1 is 1.24 bits per heavy atom. The number of carboxylic acid groups (broad SMARTS) is 1. The van der Waals surface area contributed by atoms with Gasteiger partial charge in [0.1, 0.15) is 0 Å². The Bertz CT molecular complexity index is 724. The van der Waals surface area contributed by atoms with Gasteiger partial charge in [-0.15, -0.1) is 11.6 Å². The van der Waals surface area contributed by atoms with Gasteiger partial charge in [0.05, 0.1) is 18.5 Å². The van der Waals surface area contributed by atoms with Gasteiger partial charge in [0.15, 0.2) is 6.10 Å². The summed E-state index contributed by atoms with van der Waals surface area (Å²) >= 11 is 5.60. The SMILES string of the molecule is CN(C)CCC(OS(=O)(=O)CCCCl)C(C)(C)[C@@H](OCc1ccccc1)C(=O)O. The molecule has 166 valence electrons. The van der Waals surface area contributed by atoms with Crippen LogP contribution in [0, 0.1) is 5.41 Å². The first-order valence-corrected chi connectivity index (χ1v) is 11.6. The predicted octanol–water partition coefficient (Wildman–Crippen LogP) is 2.98. The molecule has 0 aromatic heterocycles. The van der Waals surface area contributed by atoms with E-state index < -0.39 is 33.7 Å². The number of hydrogen-bond donors (Lipinski definition) is 1. The van der Waals surface area contributed by atoms with Crippen molar-refractivity contribution >= 4 is 27.7 Å². The van der Waals surface area contributed by atoms with Gasteiger partial charge in [-0.1, -0.05) is 44.2 Å². The van der Waals surface area contributed by atoms with Crippen LogP contribution < -0.4 is 0 Å². The number of aliphatic carboxylic acids is 1. The molecule has 29 heavy (non-hydrogen) atoms. The van der Waals surface area contributed by atoms with Crippen LogP contribution in [0.2, 0.25) is 0 Å². The molecule has 0 amide bonds. The standard InChI is InChI=1S/C20H32ClNO6S/c1-20(2,18(19(23)24)27-15-16-9-6-5-7-10-16)17(11-13-22(3)4)28-29(25,26)14-8-12-21/h5-7,9-10,17-18H,8,11-15H2,1-4H3,(H,23,24)/t17?,18-/m0/s1. The first kappa shape index (κ1) is 25.8. The second-order valence-electron chi connectivity index (χ2n) is 7.82. The highest BCUT2D eigenvalue weighted by Crippen LogP contribution is 2.34. The van der Waals surface area contributed by atoms with Crippen molar-refractivity contribution in [1.29, 1.82) is 0 Å². The second kappa shape index (κ2) is 11.9. The van der Waals surface area contributed by atoms with Crippen molar-refractivity contribution in [2.75, 3.05) is 32.3 Å². The van der Waals surface area contributed by atoms with Crippen LogP contribution in [-0.2, 0) is 30.4 Å². The van der Waals surface area contributed by atoms with Crippen LogP contribution in [0.25, 0.3) is 0 Å². The lowest BCUT2D eigenvalue weighted by Gasteiger charge is -2.38. The third-order valence-corrected chi connectivity index (χ3v) is 6.20. The lowest BCUT2D eigenvalue weighted by molar-refractivity contribution is -0.167. The number of rotatable bonds is 14. The van der Waals surface area contributed by atoms with E-state index in [1.165, 1.54) is 0 Å². The van der Waals surface area contributed by atoms with Gasteiger partial charge in [-0.05, 0) is 32.5 Å². The van der Waals surface area contributed by atoms with Crippen LogP contribution in [0.3, 0.4) is 0 Å². The van der Waals surface area contributed by atoms with E-state index in [9.17, 15) is 18.3 Å². The zero-order chi connectivity index (χ0) is 22.1. The molecule has 1 aromatic carbocycles. The Balaban J connectivity index is 3.06. The number of hydrogen-bond acceptors (Lipinski definition) is 6. The lowest BCUT2D eigenvalue weighted by Crippen LogP contribution is -2.49. The quantitative estimate of drug-likeness (QED) is 0.344. The highest BCUT2D eigenvalue weighted by molar-refractivity contribution is 7.86. The molecule has 0 aliphatic rings. The Morgan fingerprint density at radius 3 is 2.38 bits per heavy atom. The summed E-state index contributed by atoms with van der Waals surface area (Å²) in [5, 5.41) is 9.80. The van der Waals surface area contributed by atoms with Gasteiger partial charge in [-0.3, -0.25) is 4.18 Å². The third-order valence-electron chi connectivity index (χ3n) is 4.62. The summed E-state index contributed by atoms with van der Waals surface area (Å²) in [7, 11) is -0.144. The maximum absolute atomic E-state index is 12.4. The zero-order valence-electron chi connectivity index (χ0n) is 17.5. The van der Waals surface area contributed by atoms with Crippen molar-refractivity contribution in [2.24, 2.45) is 5.41 Å². The number of carboxylic acids is 1. The van der Waals surface area contributed by atoms with E-state index in [2.05, 4.69) is 0 Å². The van der Waals surface area contributed by atoms with E-state index in [0.29, 0.717) is 13.0 Å². The zero-order valence-corrected chi connectivity index (χ0v) is 19.1. The fourth-order valence-corrected chi connectivity index (χ4v) is 4.49. The van der Waals surface area contributed by atoms with Crippen molar-refractivity contribution in [2.45, 2.75) is 45.5 Å². The van der Waals surface area contributed by atoms with Crippen LogP contribution in [0.15, 0.2) is 30.3 Å². The minimum Gasteiger partial charge on any atom is -0.479 e. The smallest absolute Gasteiger partial charge is 0.333 e. The van der Waals surface area contributed by atoms with Gasteiger partial charge in [-0.2, -0.15) is 8.42 Å². The van der Waals surface area contributed by atoms with E-state index in [1.807, 2.05) is 49.3 Å². The maximum Gasteiger partial charge on any atom is 0.333 e. The van der Waals surface area contributed by atoms with Crippen molar-refractivity contribution in [1.82, 2.24) is 4.90 Å². The Hall–Kier alpha value is -1.19.